The average molecular weight is 482 g/mol. The topological polar surface area (TPSA) is 97.3 Å². The first-order valence-electron chi connectivity index (χ1n) is 10.4. The number of nitrogens with one attached hydrogen (secondary N) is 1. The van der Waals surface area contributed by atoms with Crippen LogP contribution in [0.5, 0.6) is 11.5 Å². The molecule has 3 aromatic carbocycles. The van der Waals surface area contributed by atoms with Crippen LogP contribution in [0.2, 0.25) is 0 Å². The Labute approximate surface area is 199 Å². The summed E-state index contributed by atoms with van der Waals surface area (Å²) in [5.41, 5.74) is 5.24. The van der Waals surface area contributed by atoms with E-state index in [-0.39, 0.29) is 4.90 Å². The monoisotopic (exact) mass is 481 g/mol. The zero-order valence-corrected chi connectivity index (χ0v) is 20.3. The van der Waals surface area contributed by atoms with Gasteiger partial charge >= 0.3 is 0 Å². The van der Waals surface area contributed by atoms with Crippen LogP contribution in [0.1, 0.15) is 16.7 Å². The Bertz CT molecular complexity index is 1270. The third kappa shape index (κ3) is 5.93. The summed E-state index contributed by atoms with van der Waals surface area (Å²) in [5.74, 6) is 0.502. The molecule has 8 nitrogen and oxygen atoms in total. The summed E-state index contributed by atoms with van der Waals surface area (Å²) in [6, 6.07) is 18.6. The molecular formula is C25H27N3O5S. The molecule has 0 aliphatic carbocycles. The summed E-state index contributed by atoms with van der Waals surface area (Å²) in [4.78, 5) is 12.8. The number of ether oxygens (including phenoxy) is 2. The van der Waals surface area contributed by atoms with Gasteiger partial charge in [-0.25, -0.2) is 13.8 Å². The predicted octanol–water partition coefficient (Wildman–Crippen LogP) is 3.67. The van der Waals surface area contributed by atoms with Crippen LogP contribution in [-0.2, 0) is 14.8 Å². The molecule has 178 valence electrons. The van der Waals surface area contributed by atoms with Gasteiger partial charge in [-0.05, 0) is 73.0 Å². The van der Waals surface area contributed by atoms with E-state index in [2.05, 4.69) is 10.5 Å². The van der Waals surface area contributed by atoms with Gasteiger partial charge in [0.15, 0.2) is 11.5 Å². The molecule has 0 saturated carbocycles. The highest BCUT2D eigenvalue weighted by molar-refractivity contribution is 7.92. The van der Waals surface area contributed by atoms with E-state index in [9.17, 15) is 13.2 Å². The highest BCUT2D eigenvalue weighted by Crippen LogP contribution is 2.27. The maximum atomic E-state index is 13.4. The minimum atomic E-state index is -3.99. The van der Waals surface area contributed by atoms with Gasteiger partial charge in [-0.2, -0.15) is 5.10 Å². The Hall–Kier alpha value is -3.85. The van der Waals surface area contributed by atoms with E-state index in [0.29, 0.717) is 22.7 Å². The number of benzene rings is 3. The summed E-state index contributed by atoms with van der Waals surface area (Å²) in [6.07, 6.45) is 1.44. The van der Waals surface area contributed by atoms with E-state index in [0.717, 1.165) is 15.4 Å². The smallest absolute Gasteiger partial charge is 0.264 e. The highest BCUT2D eigenvalue weighted by Gasteiger charge is 2.27. The van der Waals surface area contributed by atoms with Crippen molar-refractivity contribution in [1.82, 2.24) is 5.43 Å². The molecule has 34 heavy (non-hydrogen) atoms. The number of methoxy groups -OCH3 is 2. The van der Waals surface area contributed by atoms with Gasteiger partial charge in [0.1, 0.15) is 6.54 Å². The molecule has 0 fully saturated rings. The number of hydrazone groups is 1. The van der Waals surface area contributed by atoms with Crippen molar-refractivity contribution in [3.63, 3.8) is 0 Å². The number of anilines is 1. The van der Waals surface area contributed by atoms with Crippen molar-refractivity contribution in [3.8, 4) is 11.5 Å². The Balaban J connectivity index is 1.84. The Morgan fingerprint density at radius 1 is 0.941 bits per heavy atom. The molecule has 0 unspecified atom stereocenters. The van der Waals surface area contributed by atoms with E-state index < -0.39 is 22.5 Å². The molecule has 9 heteroatoms. The summed E-state index contributed by atoms with van der Waals surface area (Å²) >= 11 is 0. The Morgan fingerprint density at radius 3 is 2.21 bits per heavy atom. The summed E-state index contributed by atoms with van der Waals surface area (Å²) in [6.45, 7) is 3.30. The molecule has 0 spiro atoms. The van der Waals surface area contributed by atoms with Crippen LogP contribution in [0.3, 0.4) is 0 Å². The second kappa shape index (κ2) is 10.8. The highest BCUT2D eigenvalue weighted by atomic mass is 32.2. The van der Waals surface area contributed by atoms with Gasteiger partial charge in [-0.1, -0.05) is 24.3 Å². The van der Waals surface area contributed by atoms with Crippen molar-refractivity contribution >= 4 is 27.8 Å². The van der Waals surface area contributed by atoms with Crippen molar-refractivity contribution in [2.75, 3.05) is 25.1 Å². The summed E-state index contributed by atoms with van der Waals surface area (Å²) in [5, 5.41) is 3.97. The van der Waals surface area contributed by atoms with Gasteiger partial charge in [-0.15, -0.1) is 0 Å². The minimum Gasteiger partial charge on any atom is -0.493 e. The maximum absolute atomic E-state index is 13.4. The fourth-order valence-electron chi connectivity index (χ4n) is 3.41. The normalized spacial score (nSPS) is 11.3. The fourth-order valence-corrected chi connectivity index (χ4v) is 4.83. The lowest BCUT2D eigenvalue weighted by atomic mass is 10.1. The number of nitrogens with zero attached hydrogens (tertiary/aromatic N) is 2. The van der Waals surface area contributed by atoms with Crippen LogP contribution in [0.4, 0.5) is 5.69 Å². The van der Waals surface area contributed by atoms with Gasteiger partial charge in [0, 0.05) is 0 Å². The Kier molecular flexibility index (Phi) is 7.91. The molecule has 0 bridgehead atoms. The molecule has 3 rings (SSSR count). The lowest BCUT2D eigenvalue weighted by molar-refractivity contribution is -0.119. The van der Waals surface area contributed by atoms with Gasteiger partial charge in [0.25, 0.3) is 15.9 Å². The number of amides is 1. The van der Waals surface area contributed by atoms with Crippen molar-refractivity contribution in [1.29, 1.82) is 0 Å². The van der Waals surface area contributed by atoms with Crippen molar-refractivity contribution < 1.29 is 22.7 Å². The standard InChI is InChI=1S/C25H27N3O5S/c1-18-12-19(2)14-21(13-18)28(34(30,31)22-8-6-5-7-9-22)17-25(29)27-26-16-20-10-11-23(32-3)24(15-20)33-4/h5-16H,17H2,1-4H3,(H,27,29)/b26-16+. The van der Waals surface area contributed by atoms with E-state index in [4.69, 9.17) is 9.47 Å². The summed E-state index contributed by atoms with van der Waals surface area (Å²) < 4.78 is 38.3. The molecule has 0 radical (unpaired) electrons. The molecule has 1 N–H and O–H groups in total. The maximum Gasteiger partial charge on any atom is 0.264 e. The molecule has 0 aliphatic heterocycles. The van der Waals surface area contributed by atoms with Gasteiger partial charge < -0.3 is 9.47 Å². The Morgan fingerprint density at radius 2 is 1.59 bits per heavy atom. The van der Waals surface area contributed by atoms with E-state index in [1.807, 2.05) is 19.9 Å². The second-order valence-electron chi connectivity index (χ2n) is 7.58. The second-order valence-corrected chi connectivity index (χ2v) is 9.44. The lowest BCUT2D eigenvalue weighted by Crippen LogP contribution is -2.39. The zero-order chi connectivity index (χ0) is 24.7. The number of hydrogen-bond acceptors (Lipinski definition) is 6. The third-order valence-corrected chi connectivity index (χ3v) is 6.71. The van der Waals surface area contributed by atoms with Gasteiger partial charge in [-0.3, -0.25) is 9.10 Å². The molecule has 0 aromatic heterocycles. The SMILES string of the molecule is COc1ccc(/C=N/NC(=O)CN(c2cc(C)cc(C)c2)S(=O)(=O)c2ccccc2)cc1OC. The van der Waals surface area contributed by atoms with Crippen LogP contribution in [0.25, 0.3) is 0 Å². The van der Waals surface area contributed by atoms with Crippen LogP contribution < -0.4 is 19.2 Å². The molecule has 0 heterocycles. The molecule has 0 atom stereocenters. The van der Waals surface area contributed by atoms with Crippen molar-refractivity contribution in [3.05, 3.63) is 83.4 Å². The summed E-state index contributed by atoms with van der Waals surface area (Å²) in [7, 11) is -0.925. The molecule has 1 amide bonds. The molecule has 0 aliphatic rings. The number of rotatable bonds is 9. The first-order valence-corrected chi connectivity index (χ1v) is 11.9. The van der Waals surface area contributed by atoms with E-state index in [1.165, 1.54) is 32.6 Å². The van der Waals surface area contributed by atoms with Crippen LogP contribution in [0.15, 0.2) is 76.7 Å². The van der Waals surface area contributed by atoms with Gasteiger partial charge in [0.2, 0.25) is 0 Å². The van der Waals surface area contributed by atoms with E-state index >= 15 is 0 Å². The van der Waals surface area contributed by atoms with E-state index in [1.54, 1.807) is 48.5 Å². The van der Waals surface area contributed by atoms with Crippen molar-refractivity contribution in [2.45, 2.75) is 18.7 Å². The third-order valence-electron chi connectivity index (χ3n) is 4.92. The molecule has 0 saturated heterocycles. The quantitative estimate of drug-likeness (QED) is 0.372. The first-order chi connectivity index (χ1) is 16.2. The minimum absolute atomic E-state index is 0.0933. The lowest BCUT2D eigenvalue weighted by Gasteiger charge is -2.24. The fraction of sp³-hybridized carbons (Fsp3) is 0.200. The molecular weight excluding hydrogens is 454 g/mol. The number of aryl methyl sites for hydroxylation is 2. The van der Waals surface area contributed by atoms with Crippen molar-refractivity contribution in [2.24, 2.45) is 5.10 Å². The van der Waals surface area contributed by atoms with Crippen LogP contribution >= 0.6 is 0 Å². The largest absolute Gasteiger partial charge is 0.493 e. The van der Waals surface area contributed by atoms with Crippen LogP contribution in [0, 0.1) is 13.8 Å². The van der Waals surface area contributed by atoms with Gasteiger partial charge in [0.05, 0.1) is 31.0 Å². The zero-order valence-electron chi connectivity index (χ0n) is 19.5. The first kappa shape index (κ1) is 24.8. The number of carbonyl (C=O) groups is 1. The number of carbonyl (C=O) groups excluding carboxylic acids is 1. The van der Waals surface area contributed by atoms with Crippen LogP contribution in [-0.4, -0.2) is 41.3 Å². The predicted molar refractivity (Wildman–Crippen MR) is 132 cm³/mol. The number of hydrogen-bond donors (Lipinski definition) is 1. The molecule has 3 aromatic rings. The number of sulfonamides is 1. The average Bonchev–Trinajstić information content (AvgIpc) is 2.82.